The van der Waals surface area contributed by atoms with Gasteiger partial charge in [0.05, 0.1) is 10.9 Å². The molecule has 118 valence electrons. The summed E-state index contributed by atoms with van der Waals surface area (Å²) >= 11 is 0. The van der Waals surface area contributed by atoms with Gasteiger partial charge in [0.15, 0.2) is 0 Å². The summed E-state index contributed by atoms with van der Waals surface area (Å²) in [6, 6.07) is 12.0. The molecule has 4 rings (SSSR count). The zero-order chi connectivity index (χ0) is 16.0. The second-order valence-electron chi connectivity index (χ2n) is 6.13. The van der Waals surface area contributed by atoms with Crippen LogP contribution < -0.4 is 10.4 Å². The van der Waals surface area contributed by atoms with E-state index in [4.69, 9.17) is 9.15 Å². The van der Waals surface area contributed by atoms with Gasteiger partial charge in [-0.2, -0.15) is 0 Å². The molecule has 23 heavy (non-hydrogen) atoms. The van der Waals surface area contributed by atoms with E-state index in [2.05, 4.69) is 18.7 Å². The lowest BCUT2D eigenvalue weighted by molar-refractivity contribution is 0.0610. The molecule has 1 aliphatic heterocycles. The molecule has 0 unspecified atom stereocenters. The van der Waals surface area contributed by atoms with Gasteiger partial charge in [-0.3, -0.25) is 4.90 Å². The summed E-state index contributed by atoms with van der Waals surface area (Å²) in [6.45, 7) is 5.66. The van der Waals surface area contributed by atoms with E-state index in [0.29, 0.717) is 23.7 Å². The van der Waals surface area contributed by atoms with Gasteiger partial charge in [-0.05, 0) is 36.9 Å². The van der Waals surface area contributed by atoms with Crippen molar-refractivity contribution in [1.82, 2.24) is 4.90 Å². The summed E-state index contributed by atoms with van der Waals surface area (Å²) in [5.74, 6) is 0.815. The van der Waals surface area contributed by atoms with Gasteiger partial charge in [-0.1, -0.05) is 25.1 Å². The van der Waals surface area contributed by atoms with E-state index in [1.165, 1.54) is 0 Å². The van der Waals surface area contributed by atoms with Crippen molar-refractivity contribution in [3.8, 4) is 5.75 Å². The molecule has 0 aliphatic carbocycles. The number of hydrogen-bond donors (Lipinski definition) is 0. The summed E-state index contributed by atoms with van der Waals surface area (Å²) in [5.41, 5.74) is 1.33. The Kier molecular flexibility index (Phi) is 3.34. The molecule has 3 aromatic rings. The smallest absolute Gasteiger partial charge is 0.344 e. The van der Waals surface area contributed by atoms with Crippen LogP contribution in [-0.2, 0) is 6.54 Å². The van der Waals surface area contributed by atoms with Crippen LogP contribution in [0.25, 0.3) is 21.7 Å². The van der Waals surface area contributed by atoms with Gasteiger partial charge >= 0.3 is 5.63 Å². The Morgan fingerprint density at radius 3 is 2.70 bits per heavy atom. The summed E-state index contributed by atoms with van der Waals surface area (Å²) in [4.78, 5) is 14.6. The maximum atomic E-state index is 12.3. The van der Waals surface area contributed by atoms with E-state index in [1.807, 2.05) is 36.4 Å². The molecule has 0 spiro atoms. The molecule has 0 saturated carbocycles. The largest absolute Gasteiger partial charge is 0.478 e. The molecule has 0 bridgehead atoms. The molecule has 1 atom stereocenters. The van der Waals surface area contributed by atoms with Crippen molar-refractivity contribution >= 4 is 21.7 Å². The van der Waals surface area contributed by atoms with Crippen LogP contribution >= 0.6 is 0 Å². The quantitative estimate of drug-likeness (QED) is 0.532. The fraction of sp³-hybridized carbons (Fsp3) is 0.316. The minimum absolute atomic E-state index is 0.290. The average molecular weight is 309 g/mol. The molecular weight excluding hydrogens is 290 g/mol. The highest BCUT2D eigenvalue weighted by Gasteiger charge is 2.24. The highest BCUT2D eigenvalue weighted by Crippen LogP contribution is 2.35. The van der Waals surface area contributed by atoms with Crippen molar-refractivity contribution in [2.75, 3.05) is 6.73 Å². The minimum atomic E-state index is -0.290. The van der Waals surface area contributed by atoms with E-state index < -0.39 is 0 Å². The molecule has 1 aliphatic rings. The molecule has 2 aromatic carbocycles. The van der Waals surface area contributed by atoms with Crippen LogP contribution in [0.4, 0.5) is 0 Å². The topological polar surface area (TPSA) is 42.7 Å². The summed E-state index contributed by atoms with van der Waals surface area (Å²) in [6.07, 6.45) is 1.05. The second-order valence-corrected chi connectivity index (χ2v) is 6.13. The Bertz CT molecular complexity index is 944. The SMILES string of the molecule is CC[C@H](C)N1COc2ccc3c(oc(=O)c4ccccc43)c2C1. The first kappa shape index (κ1) is 14.3. The predicted octanol–water partition coefficient (Wildman–Crippen LogP) is 3.90. The Morgan fingerprint density at radius 2 is 1.91 bits per heavy atom. The Balaban J connectivity index is 1.97. The Labute approximate surface area is 134 Å². The maximum Gasteiger partial charge on any atom is 0.344 e. The van der Waals surface area contributed by atoms with Crippen LogP contribution in [-0.4, -0.2) is 17.7 Å². The van der Waals surface area contributed by atoms with E-state index >= 15 is 0 Å². The number of fused-ring (bicyclic) bond motifs is 5. The van der Waals surface area contributed by atoms with Crippen LogP contribution in [0.3, 0.4) is 0 Å². The van der Waals surface area contributed by atoms with Gasteiger partial charge in [0.2, 0.25) is 0 Å². The Hall–Kier alpha value is -2.33. The van der Waals surface area contributed by atoms with Crippen molar-refractivity contribution in [2.24, 2.45) is 0 Å². The number of benzene rings is 2. The molecule has 0 radical (unpaired) electrons. The van der Waals surface area contributed by atoms with Gasteiger partial charge in [-0.15, -0.1) is 0 Å². The molecule has 0 saturated heterocycles. The third-order valence-corrected chi connectivity index (χ3v) is 4.81. The molecule has 0 fully saturated rings. The zero-order valence-corrected chi connectivity index (χ0v) is 13.3. The van der Waals surface area contributed by atoms with Crippen molar-refractivity contribution in [2.45, 2.75) is 32.9 Å². The van der Waals surface area contributed by atoms with E-state index in [-0.39, 0.29) is 5.63 Å². The first-order valence-electron chi connectivity index (χ1n) is 8.03. The first-order valence-corrected chi connectivity index (χ1v) is 8.03. The molecular formula is C19H19NO3. The number of ether oxygens (including phenoxy) is 1. The van der Waals surface area contributed by atoms with Gasteiger partial charge in [0.1, 0.15) is 18.1 Å². The monoisotopic (exact) mass is 309 g/mol. The number of rotatable bonds is 2. The van der Waals surface area contributed by atoms with Crippen molar-refractivity contribution in [3.05, 3.63) is 52.4 Å². The third-order valence-electron chi connectivity index (χ3n) is 4.81. The average Bonchev–Trinajstić information content (AvgIpc) is 2.60. The van der Waals surface area contributed by atoms with Crippen LogP contribution in [0.2, 0.25) is 0 Å². The molecule has 4 nitrogen and oxygen atoms in total. The highest BCUT2D eigenvalue weighted by atomic mass is 16.5. The third kappa shape index (κ3) is 2.21. The van der Waals surface area contributed by atoms with E-state index in [0.717, 1.165) is 35.1 Å². The molecule has 0 amide bonds. The van der Waals surface area contributed by atoms with Crippen molar-refractivity contribution < 1.29 is 9.15 Å². The number of nitrogens with zero attached hydrogens (tertiary/aromatic N) is 1. The standard InChI is InChI=1S/C19H19NO3/c1-3-12(2)20-10-16-17(22-11-20)9-8-14-13-6-4-5-7-15(13)19(21)23-18(14)16/h4-9,12H,3,10-11H2,1-2H3/t12-/m0/s1. The summed E-state index contributed by atoms with van der Waals surface area (Å²) in [7, 11) is 0. The molecule has 0 N–H and O–H groups in total. The molecule has 2 heterocycles. The van der Waals surface area contributed by atoms with Gasteiger partial charge in [0.25, 0.3) is 0 Å². The Morgan fingerprint density at radius 1 is 1.13 bits per heavy atom. The van der Waals surface area contributed by atoms with E-state index in [1.54, 1.807) is 0 Å². The minimum Gasteiger partial charge on any atom is -0.478 e. The summed E-state index contributed by atoms with van der Waals surface area (Å²) in [5, 5.41) is 2.52. The lowest BCUT2D eigenvalue weighted by Crippen LogP contribution is -2.38. The second kappa shape index (κ2) is 5.39. The first-order chi connectivity index (χ1) is 11.2. The highest BCUT2D eigenvalue weighted by molar-refractivity contribution is 6.05. The van der Waals surface area contributed by atoms with Crippen molar-refractivity contribution in [3.63, 3.8) is 0 Å². The molecule has 4 heteroatoms. The van der Waals surface area contributed by atoms with Crippen LogP contribution in [0.5, 0.6) is 5.75 Å². The lowest BCUT2D eigenvalue weighted by Gasteiger charge is -2.33. The van der Waals surface area contributed by atoms with Crippen molar-refractivity contribution in [1.29, 1.82) is 0 Å². The molecule has 1 aromatic heterocycles. The van der Waals surface area contributed by atoms with E-state index in [9.17, 15) is 4.79 Å². The van der Waals surface area contributed by atoms with Crippen LogP contribution in [0.15, 0.2) is 45.6 Å². The van der Waals surface area contributed by atoms with Gasteiger partial charge < -0.3 is 9.15 Å². The van der Waals surface area contributed by atoms with Crippen LogP contribution in [0, 0.1) is 0 Å². The van der Waals surface area contributed by atoms with Gasteiger partial charge in [0, 0.05) is 18.0 Å². The predicted molar refractivity (Wildman–Crippen MR) is 90.8 cm³/mol. The fourth-order valence-electron chi connectivity index (χ4n) is 3.21. The van der Waals surface area contributed by atoms with Gasteiger partial charge in [-0.25, -0.2) is 4.79 Å². The zero-order valence-electron chi connectivity index (χ0n) is 13.3. The normalized spacial score (nSPS) is 16.3. The van der Waals surface area contributed by atoms with Crippen LogP contribution in [0.1, 0.15) is 25.8 Å². The fourth-order valence-corrected chi connectivity index (χ4v) is 3.21. The maximum absolute atomic E-state index is 12.3. The summed E-state index contributed by atoms with van der Waals surface area (Å²) < 4.78 is 11.6. The number of hydrogen-bond acceptors (Lipinski definition) is 4. The lowest BCUT2D eigenvalue weighted by atomic mass is 10.0.